The van der Waals surface area contributed by atoms with E-state index in [1.807, 2.05) is 0 Å². The molecule has 0 heterocycles. The van der Waals surface area contributed by atoms with Crippen LogP contribution in [-0.4, -0.2) is 40.8 Å². The average Bonchev–Trinajstić information content (AvgIpc) is 2.37. The number of benzene rings is 1. The number of hydrogen-bond acceptors (Lipinski definition) is 5. The zero-order valence-corrected chi connectivity index (χ0v) is 12.9. The van der Waals surface area contributed by atoms with E-state index in [-0.39, 0.29) is 11.4 Å². The zero-order chi connectivity index (χ0) is 15.2. The third-order valence-corrected chi connectivity index (χ3v) is 3.83. The Balaban J connectivity index is 2.67. The lowest BCUT2D eigenvalue weighted by molar-refractivity contribution is 0.146. The first-order chi connectivity index (χ1) is 9.24. The number of hydrogen-bond donors (Lipinski definition) is 2. The van der Waals surface area contributed by atoms with Gasteiger partial charge in [-0.3, -0.25) is 0 Å². The molecule has 0 aromatic heterocycles. The molecule has 1 aromatic rings. The van der Waals surface area contributed by atoms with Gasteiger partial charge in [0.15, 0.2) is 0 Å². The number of ether oxygens (including phenoxy) is 2. The molecule has 0 radical (unpaired) electrons. The van der Waals surface area contributed by atoms with E-state index in [0.29, 0.717) is 19.0 Å². The summed E-state index contributed by atoms with van der Waals surface area (Å²) in [6.07, 6.45) is 0. The summed E-state index contributed by atoms with van der Waals surface area (Å²) in [6.45, 7) is 4.57. The van der Waals surface area contributed by atoms with Crippen molar-refractivity contribution in [3.8, 4) is 5.75 Å². The molecule has 20 heavy (non-hydrogen) atoms. The minimum absolute atomic E-state index is 0.168. The Hall–Kier alpha value is -1.15. The van der Waals surface area contributed by atoms with Gasteiger partial charge >= 0.3 is 0 Å². The molecule has 0 saturated carbocycles. The van der Waals surface area contributed by atoms with Gasteiger partial charge < -0.3 is 15.2 Å². The average molecular weight is 302 g/mol. The summed E-state index contributed by atoms with van der Waals surface area (Å²) in [5, 5.41) is 0. The van der Waals surface area contributed by atoms with Gasteiger partial charge in [-0.25, -0.2) is 13.1 Å². The Morgan fingerprint density at radius 1 is 1.20 bits per heavy atom. The molecule has 114 valence electrons. The van der Waals surface area contributed by atoms with Crippen LogP contribution in [0, 0.1) is 0 Å². The largest absolute Gasteiger partial charge is 0.491 e. The highest BCUT2D eigenvalue weighted by atomic mass is 32.2. The molecule has 0 aliphatic rings. The number of rotatable bonds is 8. The van der Waals surface area contributed by atoms with Crippen molar-refractivity contribution in [2.24, 2.45) is 5.73 Å². The monoisotopic (exact) mass is 302 g/mol. The van der Waals surface area contributed by atoms with Gasteiger partial charge in [-0.05, 0) is 38.1 Å². The van der Waals surface area contributed by atoms with Crippen molar-refractivity contribution in [2.45, 2.75) is 24.3 Å². The van der Waals surface area contributed by atoms with E-state index in [2.05, 4.69) is 4.72 Å². The number of nitrogens with one attached hydrogen (secondary N) is 1. The first kappa shape index (κ1) is 16.9. The van der Waals surface area contributed by atoms with Gasteiger partial charge in [-0.15, -0.1) is 0 Å². The molecule has 0 amide bonds. The van der Waals surface area contributed by atoms with Crippen molar-refractivity contribution in [3.63, 3.8) is 0 Å². The predicted molar refractivity (Wildman–Crippen MR) is 77.3 cm³/mol. The van der Waals surface area contributed by atoms with E-state index in [1.54, 1.807) is 33.1 Å². The van der Waals surface area contributed by atoms with Crippen molar-refractivity contribution < 1.29 is 17.9 Å². The summed E-state index contributed by atoms with van der Waals surface area (Å²) in [4.78, 5) is 0.181. The van der Waals surface area contributed by atoms with Crippen LogP contribution in [-0.2, 0) is 14.8 Å². The van der Waals surface area contributed by atoms with Crippen LogP contribution in [0.3, 0.4) is 0 Å². The number of sulfonamides is 1. The molecular weight excluding hydrogens is 280 g/mol. The van der Waals surface area contributed by atoms with Crippen LogP contribution >= 0.6 is 0 Å². The number of methoxy groups -OCH3 is 1. The smallest absolute Gasteiger partial charge is 0.240 e. The highest BCUT2D eigenvalue weighted by Crippen LogP contribution is 2.16. The van der Waals surface area contributed by atoms with Crippen molar-refractivity contribution in [1.82, 2.24) is 4.72 Å². The lowest BCUT2D eigenvalue weighted by Gasteiger charge is -2.19. The molecule has 6 nitrogen and oxygen atoms in total. The fourth-order valence-corrected chi connectivity index (χ4v) is 2.55. The van der Waals surface area contributed by atoms with Crippen LogP contribution in [0.5, 0.6) is 5.75 Å². The second kappa shape index (κ2) is 7.03. The zero-order valence-electron chi connectivity index (χ0n) is 12.0. The second-order valence-electron chi connectivity index (χ2n) is 5.13. The van der Waals surface area contributed by atoms with Crippen LogP contribution in [0.4, 0.5) is 0 Å². The summed E-state index contributed by atoms with van der Waals surface area (Å²) in [7, 11) is -1.96. The Labute approximate surface area is 120 Å². The molecule has 0 atom stereocenters. The summed E-state index contributed by atoms with van der Waals surface area (Å²) in [5.41, 5.74) is 5.15. The summed E-state index contributed by atoms with van der Waals surface area (Å²) >= 11 is 0. The summed E-state index contributed by atoms with van der Waals surface area (Å²) in [5.74, 6) is 0.597. The van der Waals surface area contributed by atoms with Gasteiger partial charge in [0.1, 0.15) is 12.4 Å². The Kier molecular flexibility index (Phi) is 5.94. The molecule has 1 aromatic carbocycles. The van der Waals surface area contributed by atoms with Crippen LogP contribution in [0.2, 0.25) is 0 Å². The maximum Gasteiger partial charge on any atom is 0.240 e. The topological polar surface area (TPSA) is 90.6 Å². The Morgan fingerprint density at radius 2 is 1.80 bits per heavy atom. The SMILES string of the molecule is COCCOc1ccc(S(=O)(=O)NCC(C)(C)N)cc1. The fourth-order valence-electron chi connectivity index (χ4n) is 1.32. The van der Waals surface area contributed by atoms with Gasteiger partial charge in [0.25, 0.3) is 0 Å². The molecule has 0 aliphatic heterocycles. The standard InChI is InChI=1S/C13H22N2O4S/c1-13(2,14)10-15-20(16,17)12-6-4-11(5-7-12)19-9-8-18-3/h4-7,15H,8-10,14H2,1-3H3. The fraction of sp³-hybridized carbons (Fsp3) is 0.538. The lowest BCUT2D eigenvalue weighted by atomic mass is 10.1. The molecule has 0 bridgehead atoms. The molecule has 7 heteroatoms. The van der Waals surface area contributed by atoms with Crippen LogP contribution in [0.25, 0.3) is 0 Å². The van der Waals surface area contributed by atoms with Crippen molar-refractivity contribution in [2.75, 3.05) is 26.9 Å². The van der Waals surface area contributed by atoms with E-state index in [1.165, 1.54) is 12.1 Å². The Morgan fingerprint density at radius 3 is 2.30 bits per heavy atom. The summed E-state index contributed by atoms with van der Waals surface area (Å²) in [6, 6.07) is 6.21. The minimum Gasteiger partial charge on any atom is -0.491 e. The summed E-state index contributed by atoms with van der Waals surface area (Å²) < 4.78 is 36.8. The van der Waals surface area contributed by atoms with Crippen molar-refractivity contribution in [1.29, 1.82) is 0 Å². The molecule has 0 spiro atoms. The molecule has 0 aliphatic carbocycles. The molecule has 0 fully saturated rings. The third-order valence-electron chi connectivity index (χ3n) is 2.41. The first-order valence-electron chi connectivity index (χ1n) is 6.25. The van der Waals surface area contributed by atoms with Crippen LogP contribution in [0.15, 0.2) is 29.2 Å². The van der Waals surface area contributed by atoms with Crippen molar-refractivity contribution in [3.05, 3.63) is 24.3 Å². The maximum atomic E-state index is 12.0. The molecule has 3 N–H and O–H groups in total. The van der Waals surface area contributed by atoms with E-state index in [4.69, 9.17) is 15.2 Å². The van der Waals surface area contributed by atoms with Gasteiger partial charge in [-0.2, -0.15) is 0 Å². The molecular formula is C13H22N2O4S. The van der Waals surface area contributed by atoms with E-state index >= 15 is 0 Å². The highest BCUT2D eigenvalue weighted by Gasteiger charge is 2.18. The Bertz CT molecular complexity index is 506. The minimum atomic E-state index is -3.55. The number of nitrogens with two attached hydrogens (primary N) is 1. The van der Waals surface area contributed by atoms with Gasteiger partial charge in [0.2, 0.25) is 10.0 Å². The second-order valence-corrected chi connectivity index (χ2v) is 6.89. The molecule has 1 rings (SSSR count). The van der Waals surface area contributed by atoms with E-state index < -0.39 is 15.6 Å². The van der Waals surface area contributed by atoms with Crippen molar-refractivity contribution >= 4 is 10.0 Å². The quantitative estimate of drug-likeness (QED) is 0.691. The van der Waals surface area contributed by atoms with Crippen LogP contribution in [0.1, 0.15) is 13.8 Å². The molecule has 0 unspecified atom stereocenters. The molecule has 0 saturated heterocycles. The van der Waals surface area contributed by atoms with E-state index in [9.17, 15) is 8.42 Å². The lowest BCUT2D eigenvalue weighted by Crippen LogP contribution is -2.45. The van der Waals surface area contributed by atoms with E-state index in [0.717, 1.165) is 0 Å². The first-order valence-corrected chi connectivity index (χ1v) is 7.73. The van der Waals surface area contributed by atoms with Crippen LogP contribution < -0.4 is 15.2 Å². The van der Waals surface area contributed by atoms with Gasteiger partial charge in [0, 0.05) is 19.2 Å². The maximum absolute atomic E-state index is 12.0. The predicted octanol–water partition coefficient (Wildman–Crippen LogP) is 0.727. The highest BCUT2D eigenvalue weighted by molar-refractivity contribution is 7.89. The van der Waals surface area contributed by atoms with Gasteiger partial charge in [-0.1, -0.05) is 0 Å². The third kappa shape index (κ3) is 5.87. The van der Waals surface area contributed by atoms with Gasteiger partial charge in [0.05, 0.1) is 11.5 Å². The normalized spacial score (nSPS) is 12.4.